The molecule has 2 aromatic heterocycles. The van der Waals surface area contributed by atoms with Gasteiger partial charge in [0.25, 0.3) is 17.6 Å². The molecule has 24 heteroatoms. The zero-order valence-corrected chi connectivity index (χ0v) is 88.8. The minimum atomic E-state index is -1.41. The molecule has 0 aliphatic rings. The zero-order valence-electron chi connectivity index (χ0n) is 75.2. The molecule has 0 radical (unpaired) electrons. The van der Waals surface area contributed by atoms with E-state index in [0.717, 1.165) is 42.5 Å². The summed E-state index contributed by atoms with van der Waals surface area (Å²) in [5, 5.41) is 49.1. The van der Waals surface area contributed by atoms with Gasteiger partial charge in [-0.2, -0.15) is 0 Å². The molecule has 0 spiro atoms. The molecule has 0 amide bonds. The number of thioether (sulfide) groups is 2. The predicted octanol–water partition coefficient (Wildman–Crippen LogP) is 12.3. The Morgan fingerprint density at radius 3 is 0.793 bits per heavy atom. The fraction of sp³-hybridized carbons (Fsp3) is 0.0180. The maximum Gasteiger partial charge on any atom is 1.00 e. The number of halogens is 1. The first kappa shape index (κ1) is 108. The third-order valence-electron chi connectivity index (χ3n) is 20.5. The summed E-state index contributed by atoms with van der Waals surface area (Å²) >= 11 is 6.43. The number of H-pyrrole nitrogens is 4. The van der Waals surface area contributed by atoms with Crippen LogP contribution >= 0.6 is 71.1 Å². The molecule has 664 valence electrons. The van der Waals surface area contributed by atoms with Crippen LogP contribution in [0.4, 0.5) is 0 Å². The van der Waals surface area contributed by atoms with Gasteiger partial charge in [0.15, 0.2) is 0 Å². The fourth-order valence-corrected chi connectivity index (χ4v) is 26.0. The standard InChI is InChI=1S/C19H14N2O2S.4C18H15P.C11H11BO2S.C8H5BrN2O2.CH2O3.2K.Pd.H/c1-24-17-12-6-3-2-5-11(12)9-10-14(17)13-7-4-8-15-16(13)20-19(23)21-18(15)22;4*1-4-10-16(11-5-1)19(17-12-6-2-7-13-17)18-14-8-3-9-15-18;1-15-11-9-5-3-2-4-8(9)6-7-10(11)12(13)14;9-5-3-1-2-4-6(5)10-8(13)11-7(4)12;2-1-4-3;;;;/h2-10H,1H3,(H2,20,21,22,23);4*1-15H;2-7,13-14H,1H3;1-3H,(H2,10,11,12,13);1,3H;;;;/q;;;;;;;;2*+1;;-1/p-1. The summed E-state index contributed by atoms with van der Waals surface area (Å²) in [7, 11) is -3.19. The largest absolute Gasteiger partial charge is 1.00 e. The summed E-state index contributed by atoms with van der Waals surface area (Å²) in [6.07, 6.45) is 3.97. The topological polar surface area (TPSA) is 221 Å². The molecule has 0 saturated carbocycles. The van der Waals surface area contributed by atoms with E-state index in [1.54, 1.807) is 42.1 Å². The van der Waals surface area contributed by atoms with Crippen molar-refractivity contribution in [1.82, 2.24) is 19.9 Å². The van der Waals surface area contributed by atoms with Crippen molar-refractivity contribution in [2.24, 2.45) is 0 Å². The quantitative estimate of drug-likeness (QED) is 0.0126. The first-order valence-corrected chi connectivity index (χ1v) is 50.6. The molecule has 0 bridgehead atoms. The number of carbonyl (C=O) groups excluding carboxylic acids is 1. The Morgan fingerprint density at radius 2 is 0.526 bits per heavy atom. The van der Waals surface area contributed by atoms with E-state index in [-0.39, 0.29) is 142 Å². The van der Waals surface area contributed by atoms with Crippen LogP contribution < -0.4 is 200 Å². The Morgan fingerprint density at radius 1 is 0.296 bits per heavy atom. The smallest absolute Gasteiger partial charge is 1.00 e. The van der Waals surface area contributed by atoms with Crippen molar-refractivity contribution < 1.29 is 150 Å². The summed E-state index contributed by atoms with van der Waals surface area (Å²) < 4.78 is 0.702. The van der Waals surface area contributed by atoms with Gasteiger partial charge in [-0.3, -0.25) is 24.4 Å². The monoisotopic (exact) mass is 2090 g/mol. The predicted molar refractivity (Wildman–Crippen MR) is 567 cm³/mol. The van der Waals surface area contributed by atoms with E-state index in [1.807, 2.05) is 73.2 Å². The molecule has 0 aliphatic carbocycles. The molecule has 135 heavy (non-hydrogen) atoms. The van der Waals surface area contributed by atoms with Crippen molar-refractivity contribution in [2.75, 3.05) is 12.5 Å². The first-order valence-electron chi connectivity index (χ1n) is 42.0. The zero-order chi connectivity index (χ0) is 92.0. The van der Waals surface area contributed by atoms with Crippen LogP contribution in [-0.4, -0.2) is 56.1 Å². The normalized spacial score (nSPS) is 10.3. The summed E-state index contributed by atoms with van der Waals surface area (Å²) in [5.74, 6) is 0. The van der Waals surface area contributed by atoms with Crippen LogP contribution in [0.5, 0.6) is 0 Å². The van der Waals surface area contributed by atoms with Gasteiger partial charge in [-0.25, -0.2) is 9.59 Å². The average molecular weight is 2090 g/mol. The maximum absolute atomic E-state index is 12.1. The molecule has 20 aromatic rings. The summed E-state index contributed by atoms with van der Waals surface area (Å²) in [6.45, 7) is -0.181. The van der Waals surface area contributed by atoms with E-state index < -0.39 is 50.2 Å². The van der Waals surface area contributed by atoms with Crippen LogP contribution in [0.2, 0.25) is 0 Å². The molecule has 0 aliphatic heterocycles. The Bertz CT molecular complexity index is 6410. The molecular weight excluding hydrogens is 2000 g/mol. The first-order chi connectivity index (χ1) is 64.8. The second-order valence-corrected chi connectivity index (χ2v) is 40.3. The van der Waals surface area contributed by atoms with Gasteiger partial charge in [0.1, 0.15) is 0 Å². The van der Waals surface area contributed by atoms with Gasteiger partial charge in [0, 0.05) is 40.2 Å². The Kier molecular flexibility index (Phi) is 46.0. The van der Waals surface area contributed by atoms with Crippen LogP contribution in [0.15, 0.2) is 507 Å². The van der Waals surface area contributed by atoms with Crippen LogP contribution in [-0.2, 0) is 30.1 Å². The number of carbonyl (C=O) groups is 1. The number of benzene rings is 18. The van der Waals surface area contributed by atoms with E-state index in [4.69, 9.17) is 10.1 Å². The van der Waals surface area contributed by atoms with Gasteiger partial charge in [-0.15, -0.1) is 23.5 Å². The molecule has 6 N–H and O–H groups in total. The van der Waals surface area contributed by atoms with Gasteiger partial charge in [-0.1, -0.05) is 455 Å². The minimum Gasteiger partial charge on any atom is -1.00 e. The van der Waals surface area contributed by atoms with Gasteiger partial charge in [-0.05, 0) is 175 Å². The number of hydrogen-bond acceptors (Lipinski definition) is 11. The molecule has 13 nitrogen and oxygen atoms in total. The number of aromatic nitrogens is 4. The van der Waals surface area contributed by atoms with Gasteiger partial charge in [0.2, 0.25) is 0 Å². The van der Waals surface area contributed by atoms with Gasteiger partial charge >= 0.3 is 121 Å². The molecule has 0 unspecified atom stereocenters. The van der Waals surface area contributed by atoms with Gasteiger partial charge in [0.05, 0.1) is 21.8 Å². The third-order valence-corrected chi connectivity index (χ3v) is 32.6. The second-order valence-electron chi connectivity index (χ2n) is 28.9. The van der Waals surface area contributed by atoms with E-state index >= 15 is 0 Å². The van der Waals surface area contributed by atoms with Crippen LogP contribution in [0.3, 0.4) is 0 Å². The van der Waals surface area contributed by atoms with Crippen LogP contribution in [0.25, 0.3) is 54.5 Å². The molecular formula is C111H92BBrK2N4O9P4PdS2. The third kappa shape index (κ3) is 30.6. The maximum atomic E-state index is 12.1. The summed E-state index contributed by atoms with van der Waals surface area (Å²) in [4.78, 5) is 69.0. The van der Waals surface area contributed by atoms with E-state index in [2.05, 4.69) is 423 Å². The second kappa shape index (κ2) is 57.7. The van der Waals surface area contributed by atoms with E-state index in [1.165, 1.54) is 75.4 Å². The number of rotatable bonds is 17. The Balaban J connectivity index is 0.000000177. The van der Waals surface area contributed by atoms with Gasteiger partial charge < -0.3 is 31.6 Å². The van der Waals surface area contributed by atoms with Crippen molar-refractivity contribution in [3.8, 4) is 11.1 Å². The molecule has 0 atom stereocenters. The minimum absolute atomic E-state index is 0. The van der Waals surface area contributed by atoms with Crippen molar-refractivity contribution in [1.29, 1.82) is 0 Å². The SMILES string of the molecule is CSc1c(-c2cccc3c(=O)[nH]c(=O)[nH]c23)ccc2ccccc12.CSc1c(B(O)O)ccc2ccccc12.O=CO[O-].O=c1[nH]c(=O)c2cccc(Br)c2[nH]1.[H-].[K+].[K+].[Pd].c1ccc(P(c2ccccc2)c2ccccc2)cc1.c1ccc(P(c2ccccc2)c2ccccc2)cc1.c1ccc(P(c2ccccc2)c2ccccc2)cc1.c1ccc(P(c2ccccc2)c2ccccc2)cc1. The van der Waals surface area contributed by atoms with Crippen molar-refractivity contribution in [2.45, 2.75) is 9.79 Å². The fourth-order valence-electron chi connectivity index (χ4n) is 14.7. The number of fused-ring (bicyclic) bond motifs is 4. The molecule has 0 saturated heterocycles. The van der Waals surface area contributed by atoms with Crippen molar-refractivity contribution in [3.63, 3.8) is 0 Å². The van der Waals surface area contributed by atoms with Crippen LogP contribution in [0, 0.1) is 0 Å². The number of hydrogen-bond donors (Lipinski definition) is 6. The molecule has 0 fully saturated rings. The molecule has 2 heterocycles. The molecule has 20 rings (SSSR count). The summed E-state index contributed by atoms with van der Waals surface area (Å²) in [6, 6.07) is 164. The Labute approximate surface area is 907 Å². The number of aromatic amines is 4. The van der Waals surface area contributed by atoms with Crippen molar-refractivity contribution in [3.05, 3.63) is 519 Å². The van der Waals surface area contributed by atoms with Crippen LogP contribution in [0.1, 0.15) is 1.43 Å². The summed E-state index contributed by atoms with van der Waals surface area (Å²) in [5.41, 5.74) is 1.78. The number of nitrogens with one attached hydrogen (secondary N) is 4. The van der Waals surface area contributed by atoms with Crippen molar-refractivity contribution >= 4 is 197 Å². The van der Waals surface area contributed by atoms with E-state index in [0.29, 0.717) is 31.7 Å². The Hall–Kier alpha value is -9.39. The average Bonchev–Trinajstić information content (AvgIpc) is 0.759. The number of para-hydroxylation sites is 2. The molecule has 18 aromatic carbocycles. The van der Waals surface area contributed by atoms with E-state index in [9.17, 15) is 29.2 Å².